The number of likely N-dealkylation sites (tertiary alicyclic amines) is 1. The molecular weight excluding hydrogens is 410 g/mol. The molecule has 0 radical (unpaired) electrons. The van der Waals surface area contributed by atoms with Gasteiger partial charge < -0.3 is 14.4 Å². The summed E-state index contributed by atoms with van der Waals surface area (Å²) in [7, 11) is 1.76. The molecule has 0 saturated carbocycles. The molecule has 0 bridgehead atoms. The Morgan fingerprint density at radius 2 is 1.72 bits per heavy atom. The van der Waals surface area contributed by atoms with E-state index in [0.717, 1.165) is 62.4 Å². The van der Waals surface area contributed by atoms with E-state index in [1.807, 2.05) is 24.4 Å². The number of rotatable bonds is 6. The summed E-state index contributed by atoms with van der Waals surface area (Å²) in [6.07, 6.45) is 6.55. The van der Waals surface area contributed by atoms with Crippen molar-refractivity contribution in [2.75, 3.05) is 24.5 Å². The molecule has 2 aliphatic heterocycles. The van der Waals surface area contributed by atoms with E-state index in [2.05, 4.69) is 9.80 Å². The van der Waals surface area contributed by atoms with Gasteiger partial charge in [-0.05, 0) is 73.8 Å². The summed E-state index contributed by atoms with van der Waals surface area (Å²) in [6.45, 7) is 3.54. The first-order valence-electron chi connectivity index (χ1n) is 11.3. The molecule has 0 spiro atoms. The lowest BCUT2D eigenvalue weighted by Gasteiger charge is -2.39. The molecule has 0 amide bonds. The van der Waals surface area contributed by atoms with Gasteiger partial charge in [0.05, 0.1) is 0 Å². The zero-order valence-electron chi connectivity index (χ0n) is 18.3. The van der Waals surface area contributed by atoms with E-state index < -0.39 is 0 Å². The van der Waals surface area contributed by atoms with E-state index in [-0.39, 0.29) is 29.3 Å². The molecule has 3 aromatic rings. The number of hydrogen-bond donors (Lipinski definition) is 0. The lowest BCUT2D eigenvalue weighted by molar-refractivity contribution is 0.192. The van der Waals surface area contributed by atoms with Crippen LogP contribution < -0.4 is 10.6 Å². The van der Waals surface area contributed by atoms with Gasteiger partial charge in [-0.15, -0.1) is 0 Å². The number of benzene rings is 2. The molecule has 5 rings (SSSR count). The average Bonchev–Trinajstić information content (AvgIpc) is 3.28. The topological polar surface area (TPSA) is 33.4 Å². The summed E-state index contributed by atoms with van der Waals surface area (Å²) in [5, 5.41) is 0. The molecule has 0 aliphatic carbocycles. The van der Waals surface area contributed by atoms with Crippen LogP contribution in [0.2, 0.25) is 0 Å². The predicted octanol–water partition coefficient (Wildman–Crippen LogP) is 4.26. The largest absolute Gasteiger partial charge is 0.337 e. The predicted molar refractivity (Wildman–Crippen MR) is 121 cm³/mol. The minimum Gasteiger partial charge on any atom is -0.337 e. The third kappa shape index (κ3) is 3.86. The van der Waals surface area contributed by atoms with Gasteiger partial charge in [-0.1, -0.05) is 0 Å². The molecule has 1 aromatic heterocycles. The van der Waals surface area contributed by atoms with Crippen molar-refractivity contribution in [2.45, 2.75) is 37.8 Å². The highest BCUT2D eigenvalue weighted by molar-refractivity contribution is 5.73. The lowest BCUT2D eigenvalue weighted by Crippen LogP contribution is -2.45. The molecule has 32 heavy (non-hydrogen) atoms. The molecule has 1 saturated heterocycles. The van der Waals surface area contributed by atoms with Crippen LogP contribution in [0, 0.1) is 11.6 Å². The van der Waals surface area contributed by atoms with Gasteiger partial charge >= 0.3 is 5.69 Å². The molecule has 5 nitrogen and oxygen atoms in total. The van der Waals surface area contributed by atoms with Gasteiger partial charge in [0.2, 0.25) is 0 Å². The molecule has 2 aliphatic rings. The van der Waals surface area contributed by atoms with Crippen molar-refractivity contribution >= 4 is 11.4 Å². The second-order valence-electron chi connectivity index (χ2n) is 8.90. The number of fused-ring (bicyclic) bond motifs is 3. The zero-order chi connectivity index (χ0) is 22.2. The maximum absolute atomic E-state index is 14.1. The van der Waals surface area contributed by atoms with Crippen LogP contribution in [-0.2, 0) is 13.6 Å². The molecule has 7 heteroatoms. The van der Waals surface area contributed by atoms with Crippen molar-refractivity contribution in [1.82, 2.24) is 14.0 Å². The van der Waals surface area contributed by atoms with E-state index >= 15 is 0 Å². The Labute approximate surface area is 186 Å². The molecular formula is C25H28F2N4O. The van der Waals surface area contributed by atoms with Crippen molar-refractivity contribution in [3.8, 4) is 0 Å². The molecule has 168 valence electrons. The van der Waals surface area contributed by atoms with Crippen LogP contribution in [0.25, 0.3) is 0 Å². The summed E-state index contributed by atoms with van der Waals surface area (Å²) in [5.74, 6) is -0.249. The number of nitrogens with zero attached hydrogens (tertiary/aromatic N) is 4. The van der Waals surface area contributed by atoms with Gasteiger partial charge in [0.25, 0.3) is 0 Å². The summed E-state index contributed by atoms with van der Waals surface area (Å²) < 4.78 is 31.0. The molecule has 1 fully saturated rings. The lowest BCUT2D eigenvalue weighted by atomic mass is 9.89. The molecule has 0 unspecified atom stereocenters. The highest BCUT2D eigenvalue weighted by atomic mass is 19.1. The van der Waals surface area contributed by atoms with E-state index in [0.29, 0.717) is 0 Å². The van der Waals surface area contributed by atoms with Gasteiger partial charge in [-0.3, -0.25) is 4.57 Å². The third-order valence-electron chi connectivity index (χ3n) is 6.89. The molecule has 2 atom stereocenters. The maximum Gasteiger partial charge on any atom is 0.327 e. The first-order valence-corrected chi connectivity index (χ1v) is 11.3. The van der Waals surface area contributed by atoms with Crippen LogP contribution in [0.4, 0.5) is 20.2 Å². The fourth-order valence-corrected chi connectivity index (χ4v) is 5.28. The van der Waals surface area contributed by atoms with Gasteiger partial charge in [-0.2, -0.15) is 0 Å². The Kier molecular flexibility index (Phi) is 5.59. The highest BCUT2D eigenvalue weighted by Gasteiger charge is 2.42. The highest BCUT2D eigenvalue weighted by Crippen LogP contribution is 2.48. The van der Waals surface area contributed by atoms with E-state index in [1.165, 1.54) is 18.2 Å². The SMILES string of the molecule is Cn1ccn(CCCCN2CC[C@@H]3[C@@H](C2)c2cc(F)ccc2N3c2ccc(F)cc2)c1=O. The van der Waals surface area contributed by atoms with Crippen molar-refractivity contribution in [3.05, 3.63) is 82.5 Å². The van der Waals surface area contributed by atoms with Gasteiger partial charge in [-0.25, -0.2) is 13.6 Å². The molecule has 2 aromatic carbocycles. The summed E-state index contributed by atoms with van der Waals surface area (Å²) >= 11 is 0. The fraction of sp³-hybridized carbons (Fsp3) is 0.400. The van der Waals surface area contributed by atoms with E-state index in [4.69, 9.17) is 0 Å². The number of anilines is 2. The van der Waals surface area contributed by atoms with Gasteiger partial charge in [0.1, 0.15) is 11.6 Å². The van der Waals surface area contributed by atoms with Crippen LogP contribution in [0.15, 0.2) is 59.7 Å². The van der Waals surface area contributed by atoms with Crippen molar-refractivity contribution in [2.24, 2.45) is 7.05 Å². The Balaban J connectivity index is 1.27. The summed E-state index contributed by atoms with van der Waals surface area (Å²) in [5.41, 5.74) is 3.04. The number of halogens is 2. The number of aryl methyl sites for hydroxylation is 2. The van der Waals surface area contributed by atoms with Crippen molar-refractivity contribution < 1.29 is 8.78 Å². The van der Waals surface area contributed by atoms with E-state index in [1.54, 1.807) is 28.4 Å². The number of unbranched alkanes of at least 4 members (excludes halogenated alkanes) is 1. The average molecular weight is 439 g/mol. The number of imidazole rings is 1. The Hall–Kier alpha value is -2.93. The van der Waals surface area contributed by atoms with E-state index in [9.17, 15) is 13.6 Å². The van der Waals surface area contributed by atoms with Crippen LogP contribution >= 0.6 is 0 Å². The number of aromatic nitrogens is 2. The minimum atomic E-state index is -0.253. The first-order chi connectivity index (χ1) is 15.5. The minimum absolute atomic E-state index is 0.0243. The van der Waals surface area contributed by atoms with Crippen LogP contribution in [0.1, 0.15) is 30.7 Å². The number of piperidine rings is 1. The molecule has 3 heterocycles. The van der Waals surface area contributed by atoms with Crippen molar-refractivity contribution in [1.29, 1.82) is 0 Å². The van der Waals surface area contributed by atoms with Gasteiger partial charge in [0, 0.05) is 62.4 Å². The summed E-state index contributed by atoms with van der Waals surface area (Å²) in [6, 6.07) is 11.9. The second kappa shape index (κ2) is 8.54. The fourth-order valence-electron chi connectivity index (χ4n) is 5.28. The maximum atomic E-state index is 14.1. The Bertz CT molecular complexity index is 1150. The number of hydrogen-bond acceptors (Lipinski definition) is 3. The monoisotopic (exact) mass is 438 g/mol. The second-order valence-corrected chi connectivity index (χ2v) is 8.90. The van der Waals surface area contributed by atoms with Crippen molar-refractivity contribution in [3.63, 3.8) is 0 Å². The molecule has 0 N–H and O–H groups in total. The third-order valence-corrected chi connectivity index (χ3v) is 6.89. The van der Waals surface area contributed by atoms with Crippen LogP contribution in [0.3, 0.4) is 0 Å². The smallest absolute Gasteiger partial charge is 0.327 e. The quantitative estimate of drug-likeness (QED) is 0.540. The Morgan fingerprint density at radius 1 is 0.969 bits per heavy atom. The first kappa shape index (κ1) is 20.9. The summed E-state index contributed by atoms with van der Waals surface area (Å²) in [4.78, 5) is 16.7. The van der Waals surface area contributed by atoms with Gasteiger partial charge in [0.15, 0.2) is 0 Å². The Morgan fingerprint density at radius 3 is 2.47 bits per heavy atom. The zero-order valence-corrected chi connectivity index (χ0v) is 18.3. The normalized spacial score (nSPS) is 20.4. The van der Waals surface area contributed by atoms with Crippen LogP contribution in [0.5, 0.6) is 0 Å². The standard InChI is InChI=1S/C25H28F2N4O/c1-28-14-15-30(25(28)32)12-3-2-11-29-13-10-24-22(17-29)21-16-19(27)6-9-23(21)31(24)20-7-4-18(26)5-8-20/h4-9,14-16,22,24H,2-3,10-13,17H2,1H3/t22-,24+/m0/s1. The van der Waals surface area contributed by atoms with Crippen LogP contribution in [-0.4, -0.2) is 39.7 Å².